The summed E-state index contributed by atoms with van der Waals surface area (Å²) in [6.07, 6.45) is 1.02. The number of hydrazine groups is 1. The average molecular weight is 276 g/mol. The SMILES string of the molecule is CCCN=C(NN)c1cc(C)c(Br)s1. The van der Waals surface area contributed by atoms with Crippen LogP contribution in [-0.4, -0.2) is 12.4 Å². The predicted octanol–water partition coefficient (Wildman–Crippen LogP) is 2.44. The lowest BCUT2D eigenvalue weighted by Crippen LogP contribution is -2.30. The second-order valence-electron chi connectivity index (χ2n) is 2.94. The molecule has 0 bridgehead atoms. The van der Waals surface area contributed by atoms with Crippen molar-refractivity contribution in [2.75, 3.05) is 6.54 Å². The zero-order chi connectivity index (χ0) is 10.6. The highest BCUT2D eigenvalue weighted by atomic mass is 79.9. The molecule has 0 amide bonds. The molecule has 3 nitrogen and oxygen atoms in total. The van der Waals surface area contributed by atoms with Gasteiger partial charge in [-0.2, -0.15) is 0 Å². The lowest BCUT2D eigenvalue weighted by molar-refractivity contribution is 0.909. The van der Waals surface area contributed by atoms with E-state index in [1.165, 1.54) is 5.56 Å². The van der Waals surface area contributed by atoms with E-state index in [9.17, 15) is 0 Å². The van der Waals surface area contributed by atoms with Crippen LogP contribution in [0.3, 0.4) is 0 Å². The molecular weight excluding hydrogens is 262 g/mol. The second-order valence-corrected chi connectivity index (χ2v) is 5.31. The van der Waals surface area contributed by atoms with Crippen LogP contribution in [0.1, 0.15) is 23.8 Å². The zero-order valence-corrected chi connectivity index (χ0v) is 10.7. The van der Waals surface area contributed by atoms with E-state index in [1.807, 2.05) is 0 Å². The molecule has 14 heavy (non-hydrogen) atoms. The fourth-order valence-electron chi connectivity index (χ4n) is 0.995. The Morgan fingerprint density at radius 1 is 1.71 bits per heavy atom. The maximum Gasteiger partial charge on any atom is 0.152 e. The van der Waals surface area contributed by atoms with Gasteiger partial charge in [0.25, 0.3) is 0 Å². The van der Waals surface area contributed by atoms with Crippen LogP contribution in [0.25, 0.3) is 0 Å². The molecule has 0 unspecified atom stereocenters. The molecule has 0 atom stereocenters. The first-order valence-corrected chi connectivity index (χ1v) is 6.07. The molecule has 0 radical (unpaired) electrons. The molecule has 1 rings (SSSR count). The largest absolute Gasteiger partial charge is 0.308 e. The lowest BCUT2D eigenvalue weighted by atomic mass is 10.3. The van der Waals surface area contributed by atoms with Crippen molar-refractivity contribution in [1.29, 1.82) is 0 Å². The van der Waals surface area contributed by atoms with Gasteiger partial charge in [-0.05, 0) is 40.9 Å². The molecule has 0 saturated heterocycles. The smallest absolute Gasteiger partial charge is 0.152 e. The van der Waals surface area contributed by atoms with Crippen LogP contribution >= 0.6 is 27.3 Å². The van der Waals surface area contributed by atoms with Gasteiger partial charge < -0.3 is 5.43 Å². The number of nitrogens with zero attached hydrogens (tertiary/aromatic N) is 1. The van der Waals surface area contributed by atoms with Crippen molar-refractivity contribution >= 4 is 33.1 Å². The van der Waals surface area contributed by atoms with Crippen molar-refractivity contribution in [3.8, 4) is 0 Å². The summed E-state index contributed by atoms with van der Waals surface area (Å²) in [5.41, 5.74) is 3.85. The van der Waals surface area contributed by atoms with Gasteiger partial charge in [-0.3, -0.25) is 4.99 Å². The molecular formula is C9H14BrN3S. The third-order valence-corrected chi connectivity index (χ3v) is 3.86. The normalized spacial score (nSPS) is 11.9. The first-order chi connectivity index (χ1) is 6.69. The number of thiophene rings is 1. The number of hydrogen-bond donors (Lipinski definition) is 2. The van der Waals surface area contributed by atoms with Crippen LogP contribution in [-0.2, 0) is 0 Å². The van der Waals surface area contributed by atoms with Crippen LogP contribution in [0, 0.1) is 6.92 Å². The minimum absolute atomic E-state index is 0.769. The molecule has 78 valence electrons. The summed E-state index contributed by atoms with van der Waals surface area (Å²) in [6.45, 7) is 4.94. The summed E-state index contributed by atoms with van der Waals surface area (Å²) in [5.74, 6) is 6.18. The van der Waals surface area contributed by atoms with Crippen LogP contribution in [0.15, 0.2) is 14.8 Å². The topological polar surface area (TPSA) is 50.4 Å². The quantitative estimate of drug-likeness (QED) is 0.385. The van der Waals surface area contributed by atoms with Crippen molar-refractivity contribution in [3.05, 3.63) is 20.3 Å². The number of aliphatic imine (C=N–C) groups is 1. The summed E-state index contributed by atoms with van der Waals surface area (Å²) in [6, 6.07) is 2.07. The molecule has 0 aromatic carbocycles. The average Bonchev–Trinajstić information content (AvgIpc) is 2.48. The number of aryl methyl sites for hydroxylation is 1. The third kappa shape index (κ3) is 2.80. The highest BCUT2D eigenvalue weighted by Crippen LogP contribution is 2.27. The number of rotatable bonds is 3. The summed E-state index contributed by atoms with van der Waals surface area (Å²) < 4.78 is 1.13. The van der Waals surface area contributed by atoms with E-state index >= 15 is 0 Å². The van der Waals surface area contributed by atoms with Gasteiger partial charge >= 0.3 is 0 Å². The minimum Gasteiger partial charge on any atom is -0.308 e. The van der Waals surface area contributed by atoms with Gasteiger partial charge in [0.15, 0.2) is 5.84 Å². The lowest BCUT2D eigenvalue weighted by Gasteiger charge is -2.01. The molecule has 1 heterocycles. The highest BCUT2D eigenvalue weighted by molar-refractivity contribution is 9.11. The van der Waals surface area contributed by atoms with Gasteiger partial charge in [0.05, 0.1) is 8.66 Å². The molecule has 3 N–H and O–H groups in total. The summed E-state index contributed by atoms with van der Waals surface area (Å²) in [7, 11) is 0. The first-order valence-electron chi connectivity index (χ1n) is 4.46. The van der Waals surface area contributed by atoms with Crippen LogP contribution in [0.5, 0.6) is 0 Å². The Morgan fingerprint density at radius 2 is 2.43 bits per heavy atom. The van der Waals surface area contributed by atoms with Gasteiger partial charge in [-0.25, -0.2) is 5.84 Å². The fourth-order valence-corrected chi connectivity index (χ4v) is 2.50. The summed E-state index contributed by atoms with van der Waals surface area (Å²) in [5, 5.41) is 0. The monoisotopic (exact) mass is 275 g/mol. The molecule has 1 aromatic rings. The highest BCUT2D eigenvalue weighted by Gasteiger charge is 2.07. The molecule has 1 aromatic heterocycles. The number of halogens is 1. The van der Waals surface area contributed by atoms with E-state index in [0.29, 0.717) is 0 Å². The van der Waals surface area contributed by atoms with E-state index in [-0.39, 0.29) is 0 Å². The van der Waals surface area contributed by atoms with Crippen molar-refractivity contribution in [2.24, 2.45) is 10.8 Å². The number of nitrogens with one attached hydrogen (secondary N) is 1. The van der Waals surface area contributed by atoms with Crippen LogP contribution in [0.4, 0.5) is 0 Å². The zero-order valence-electron chi connectivity index (χ0n) is 8.30. The van der Waals surface area contributed by atoms with E-state index < -0.39 is 0 Å². The standard InChI is InChI=1S/C9H14BrN3S/c1-3-4-12-9(13-11)7-5-6(2)8(10)14-7/h5H,3-4,11H2,1-2H3,(H,12,13). The Labute approximate surface area is 96.5 Å². The molecule has 0 saturated carbocycles. The van der Waals surface area contributed by atoms with Gasteiger partial charge in [-0.1, -0.05) is 6.92 Å². The molecule has 0 aliphatic heterocycles. The minimum atomic E-state index is 0.769. The van der Waals surface area contributed by atoms with E-state index in [1.54, 1.807) is 11.3 Å². The molecule has 0 fully saturated rings. The Kier molecular flexibility index (Phi) is 4.57. The molecule has 5 heteroatoms. The van der Waals surface area contributed by atoms with Crippen molar-refractivity contribution in [2.45, 2.75) is 20.3 Å². The van der Waals surface area contributed by atoms with Gasteiger partial charge in [0.1, 0.15) is 0 Å². The van der Waals surface area contributed by atoms with Crippen molar-refractivity contribution < 1.29 is 0 Å². The summed E-state index contributed by atoms with van der Waals surface area (Å²) >= 11 is 5.12. The molecule has 0 aliphatic rings. The van der Waals surface area contributed by atoms with E-state index in [0.717, 1.165) is 27.5 Å². The first kappa shape index (κ1) is 11.7. The Bertz CT molecular complexity index is 313. The fraction of sp³-hybridized carbons (Fsp3) is 0.444. The van der Waals surface area contributed by atoms with E-state index in [2.05, 4.69) is 46.3 Å². The number of amidine groups is 1. The van der Waals surface area contributed by atoms with Gasteiger partial charge in [0, 0.05) is 6.54 Å². The van der Waals surface area contributed by atoms with Crippen LogP contribution in [0.2, 0.25) is 0 Å². The maximum atomic E-state index is 5.42. The Morgan fingerprint density at radius 3 is 2.86 bits per heavy atom. The maximum absolute atomic E-state index is 5.42. The van der Waals surface area contributed by atoms with Crippen LogP contribution < -0.4 is 11.3 Å². The predicted molar refractivity (Wildman–Crippen MR) is 65.8 cm³/mol. The molecule has 0 aliphatic carbocycles. The number of hydrogen-bond acceptors (Lipinski definition) is 3. The molecule has 0 spiro atoms. The van der Waals surface area contributed by atoms with Gasteiger partial charge in [-0.15, -0.1) is 11.3 Å². The summed E-state index contributed by atoms with van der Waals surface area (Å²) in [4.78, 5) is 5.43. The van der Waals surface area contributed by atoms with E-state index in [4.69, 9.17) is 5.84 Å². The third-order valence-electron chi connectivity index (χ3n) is 1.72. The second kappa shape index (κ2) is 5.48. The Hall–Kier alpha value is -0.390. The van der Waals surface area contributed by atoms with Gasteiger partial charge in [0.2, 0.25) is 0 Å². The Balaban J connectivity index is 2.89. The van der Waals surface area contributed by atoms with Crippen molar-refractivity contribution in [1.82, 2.24) is 5.43 Å². The number of nitrogens with two attached hydrogens (primary N) is 1. The van der Waals surface area contributed by atoms with Crippen molar-refractivity contribution in [3.63, 3.8) is 0 Å².